The number of aliphatic imine (C=N–C) groups is 1. The van der Waals surface area contributed by atoms with Crippen LogP contribution >= 0.6 is 11.3 Å². The van der Waals surface area contributed by atoms with E-state index in [9.17, 15) is 4.39 Å². The van der Waals surface area contributed by atoms with Crippen LogP contribution in [0.15, 0.2) is 77.1 Å². The first-order valence-corrected chi connectivity index (χ1v) is 9.41. The van der Waals surface area contributed by atoms with E-state index >= 15 is 0 Å². The van der Waals surface area contributed by atoms with Crippen LogP contribution in [0.2, 0.25) is 0 Å². The number of hydrogen-bond acceptors (Lipinski definition) is 3. The van der Waals surface area contributed by atoms with Crippen LogP contribution in [0, 0.1) is 0 Å². The van der Waals surface area contributed by atoms with E-state index in [4.69, 9.17) is 5.73 Å². The van der Waals surface area contributed by atoms with Crippen molar-refractivity contribution in [3.8, 4) is 0 Å². The summed E-state index contributed by atoms with van der Waals surface area (Å²) in [6.07, 6.45) is -1.05. The van der Waals surface area contributed by atoms with Crippen LogP contribution < -0.4 is 11.1 Å². The van der Waals surface area contributed by atoms with Gasteiger partial charge in [0.15, 0.2) is 0 Å². The average molecular weight is 367 g/mol. The molecule has 2 aromatic carbocycles. The Morgan fingerprint density at radius 1 is 1.12 bits per heavy atom. The van der Waals surface area contributed by atoms with Gasteiger partial charge in [0.25, 0.3) is 0 Å². The predicted molar refractivity (Wildman–Crippen MR) is 108 cm³/mol. The third-order valence-electron chi connectivity index (χ3n) is 4.12. The molecule has 0 aliphatic carbocycles. The van der Waals surface area contributed by atoms with E-state index in [0.717, 1.165) is 16.1 Å². The van der Waals surface area contributed by atoms with Gasteiger partial charge in [0, 0.05) is 12.6 Å². The molecule has 0 spiro atoms. The van der Waals surface area contributed by atoms with Gasteiger partial charge < -0.3 is 11.1 Å². The van der Waals surface area contributed by atoms with Gasteiger partial charge in [-0.2, -0.15) is 0 Å². The zero-order chi connectivity index (χ0) is 18.4. The number of nitrogens with one attached hydrogen (secondary N) is 1. The monoisotopic (exact) mass is 367 g/mol. The Kier molecular flexibility index (Phi) is 6.15. The lowest BCUT2D eigenvalue weighted by Gasteiger charge is -2.19. The Morgan fingerprint density at radius 2 is 1.92 bits per heavy atom. The van der Waals surface area contributed by atoms with Crippen molar-refractivity contribution in [2.24, 2.45) is 10.7 Å². The topological polar surface area (TPSA) is 50.4 Å². The van der Waals surface area contributed by atoms with Crippen molar-refractivity contribution in [3.05, 3.63) is 88.1 Å². The van der Waals surface area contributed by atoms with E-state index in [0.29, 0.717) is 17.9 Å². The molecule has 0 radical (unpaired) electrons. The number of thiophene rings is 1. The number of alkyl halides is 1. The van der Waals surface area contributed by atoms with Gasteiger partial charge in [-0.3, -0.25) is 0 Å². The molecular weight excluding hydrogens is 345 g/mol. The molecule has 0 aliphatic heterocycles. The standard InChI is InChI=1S/C21H22FN3S/c1-15(20(22)17-8-3-2-4-9-17)24-14-16-7-5-10-18(13-16)25-21(23)19-11-6-12-26-19/h2-13,15,20,24H,14H2,1H3,(H2,23,25)/t15-,20-/m1/s1. The average Bonchev–Trinajstić information content (AvgIpc) is 3.21. The van der Waals surface area contributed by atoms with Crippen LogP contribution in [-0.4, -0.2) is 11.9 Å². The lowest BCUT2D eigenvalue weighted by molar-refractivity contribution is 0.264. The SMILES string of the molecule is C[C@@H](NCc1cccc(N=C(N)c2cccs2)c1)[C@@H](F)c1ccccc1. The summed E-state index contributed by atoms with van der Waals surface area (Å²) in [6.45, 7) is 2.42. The fraction of sp³-hybridized carbons (Fsp3) is 0.190. The van der Waals surface area contributed by atoms with Crippen molar-refractivity contribution in [2.75, 3.05) is 0 Å². The van der Waals surface area contributed by atoms with Crippen LogP contribution in [0.3, 0.4) is 0 Å². The minimum absolute atomic E-state index is 0.291. The van der Waals surface area contributed by atoms with Crippen molar-refractivity contribution < 1.29 is 4.39 Å². The third-order valence-corrected chi connectivity index (χ3v) is 5.01. The number of halogens is 1. The van der Waals surface area contributed by atoms with E-state index < -0.39 is 6.17 Å². The normalized spacial score (nSPS) is 14.2. The molecule has 26 heavy (non-hydrogen) atoms. The first-order valence-electron chi connectivity index (χ1n) is 8.53. The van der Waals surface area contributed by atoms with Gasteiger partial charge in [-0.1, -0.05) is 48.5 Å². The molecule has 0 saturated carbocycles. The molecule has 3 nitrogen and oxygen atoms in total. The molecule has 1 heterocycles. The third kappa shape index (κ3) is 4.77. The summed E-state index contributed by atoms with van der Waals surface area (Å²) in [5.74, 6) is 0.506. The predicted octanol–water partition coefficient (Wildman–Crippen LogP) is 4.97. The van der Waals surface area contributed by atoms with E-state index in [1.807, 2.05) is 79.0 Å². The molecule has 1 aromatic heterocycles. The van der Waals surface area contributed by atoms with Crippen LogP contribution in [0.4, 0.5) is 10.1 Å². The first kappa shape index (κ1) is 18.3. The summed E-state index contributed by atoms with van der Waals surface area (Å²) in [7, 11) is 0. The quantitative estimate of drug-likeness (QED) is 0.457. The number of hydrogen-bond donors (Lipinski definition) is 2. The fourth-order valence-electron chi connectivity index (χ4n) is 2.66. The highest BCUT2D eigenvalue weighted by Crippen LogP contribution is 2.22. The van der Waals surface area contributed by atoms with Crippen LogP contribution in [0.1, 0.15) is 29.1 Å². The molecule has 0 fully saturated rings. The maximum Gasteiger partial charge on any atom is 0.141 e. The number of nitrogens with zero attached hydrogens (tertiary/aromatic N) is 1. The highest BCUT2D eigenvalue weighted by Gasteiger charge is 2.17. The highest BCUT2D eigenvalue weighted by atomic mass is 32.1. The van der Waals surface area contributed by atoms with E-state index in [1.165, 1.54) is 0 Å². The summed E-state index contributed by atoms with van der Waals surface area (Å²) in [6, 6.07) is 20.6. The molecule has 0 saturated heterocycles. The van der Waals surface area contributed by atoms with Gasteiger partial charge in [0.05, 0.1) is 10.6 Å². The van der Waals surface area contributed by atoms with Crippen molar-refractivity contribution in [2.45, 2.75) is 25.7 Å². The Morgan fingerprint density at radius 3 is 2.65 bits per heavy atom. The number of nitrogens with two attached hydrogens (primary N) is 1. The van der Waals surface area contributed by atoms with Gasteiger partial charge in [-0.05, 0) is 41.6 Å². The van der Waals surface area contributed by atoms with E-state index in [2.05, 4.69) is 10.3 Å². The largest absolute Gasteiger partial charge is 0.383 e. The van der Waals surface area contributed by atoms with Crippen LogP contribution in [0.5, 0.6) is 0 Å². The Hall–Kier alpha value is -2.50. The second kappa shape index (κ2) is 8.74. The van der Waals surface area contributed by atoms with Gasteiger partial charge in [-0.15, -0.1) is 11.3 Å². The molecule has 2 atom stereocenters. The maximum absolute atomic E-state index is 14.5. The fourth-order valence-corrected chi connectivity index (χ4v) is 3.29. The maximum atomic E-state index is 14.5. The first-order chi connectivity index (χ1) is 12.6. The van der Waals surface area contributed by atoms with Gasteiger partial charge in [-0.25, -0.2) is 9.38 Å². The smallest absolute Gasteiger partial charge is 0.141 e. The molecule has 0 aliphatic rings. The van der Waals surface area contributed by atoms with Crippen molar-refractivity contribution in [1.82, 2.24) is 5.32 Å². The second-order valence-corrected chi connectivity index (χ2v) is 7.07. The van der Waals surface area contributed by atoms with E-state index in [-0.39, 0.29) is 6.04 Å². The summed E-state index contributed by atoms with van der Waals surface area (Å²) in [4.78, 5) is 5.42. The number of benzene rings is 2. The van der Waals surface area contributed by atoms with Gasteiger partial charge >= 0.3 is 0 Å². The van der Waals surface area contributed by atoms with Crippen LogP contribution in [0.25, 0.3) is 0 Å². The molecule has 5 heteroatoms. The Labute approximate surface area is 157 Å². The lowest BCUT2D eigenvalue weighted by Crippen LogP contribution is -2.29. The summed E-state index contributed by atoms with van der Waals surface area (Å²) in [5.41, 5.74) is 8.57. The molecule has 134 valence electrons. The van der Waals surface area contributed by atoms with Crippen molar-refractivity contribution in [1.29, 1.82) is 0 Å². The molecule has 3 rings (SSSR count). The minimum Gasteiger partial charge on any atom is -0.383 e. The zero-order valence-electron chi connectivity index (χ0n) is 14.6. The Bertz CT molecular complexity index is 847. The molecule has 0 unspecified atom stereocenters. The summed E-state index contributed by atoms with van der Waals surface area (Å²) < 4.78 is 14.5. The summed E-state index contributed by atoms with van der Waals surface area (Å²) in [5, 5.41) is 5.22. The van der Waals surface area contributed by atoms with Crippen molar-refractivity contribution >= 4 is 22.9 Å². The Balaban J connectivity index is 1.63. The lowest BCUT2D eigenvalue weighted by atomic mass is 10.0. The molecule has 0 amide bonds. The van der Waals surface area contributed by atoms with Crippen LogP contribution in [-0.2, 0) is 6.54 Å². The molecule has 0 bridgehead atoms. The molecule has 3 N–H and O–H groups in total. The van der Waals surface area contributed by atoms with Gasteiger partial charge in [0.2, 0.25) is 0 Å². The second-order valence-electron chi connectivity index (χ2n) is 6.13. The molecule has 3 aromatic rings. The zero-order valence-corrected chi connectivity index (χ0v) is 15.4. The van der Waals surface area contributed by atoms with Gasteiger partial charge in [0.1, 0.15) is 12.0 Å². The number of rotatable bonds is 7. The molecular formula is C21H22FN3S. The minimum atomic E-state index is -1.05. The number of amidine groups is 1. The van der Waals surface area contributed by atoms with E-state index in [1.54, 1.807) is 11.3 Å². The highest BCUT2D eigenvalue weighted by molar-refractivity contribution is 7.12. The van der Waals surface area contributed by atoms with Crippen molar-refractivity contribution in [3.63, 3.8) is 0 Å². The summed E-state index contributed by atoms with van der Waals surface area (Å²) >= 11 is 1.56.